The molecule has 0 saturated heterocycles. The number of aromatic nitrogens is 1. The first kappa shape index (κ1) is 17.1. The molecule has 3 aromatic carbocycles. The minimum absolute atomic E-state index is 0.264. The highest BCUT2D eigenvalue weighted by atomic mass is 16.1. The number of rotatable bonds is 5. The third-order valence-corrected chi connectivity index (χ3v) is 5.14. The van der Waals surface area contributed by atoms with Gasteiger partial charge in [0.1, 0.15) is 0 Å². The van der Waals surface area contributed by atoms with Crippen LogP contribution in [0.25, 0.3) is 22.0 Å². The Morgan fingerprint density at radius 1 is 0.889 bits per heavy atom. The molecule has 0 saturated carbocycles. The Morgan fingerprint density at radius 2 is 1.56 bits per heavy atom. The van der Waals surface area contributed by atoms with Crippen molar-refractivity contribution in [1.29, 1.82) is 0 Å². The number of primary amides is 1. The van der Waals surface area contributed by atoms with Gasteiger partial charge in [-0.2, -0.15) is 0 Å². The van der Waals surface area contributed by atoms with Crippen molar-refractivity contribution < 1.29 is 4.79 Å². The molecule has 134 valence electrons. The molecule has 0 atom stereocenters. The zero-order valence-corrected chi connectivity index (χ0v) is 15.4. The predicted octanol–water partition coefficient (Wildman–Crippen LogP) is 4.69. The fraction of sp³-hybridized carbons (Fsp3) is 0.125. The van der Waals surface area contributed by atoms with Crippen LogP contribution in [0, 0.1) is 6.92 Å². The number of nitrogens with zero attached hydrogens (tertiary/aromatic N) is 1. The lowest BCUT2D eigenvalue weighted by molar-refractivity contribution is -0.117. The minimum Gasteiger partial charge on any atom is -0.369 e. The molecule has 1 heterocycles. The highest BCUT2D eigenvalue weighted by molar-refractivity contribution is 5.90. The summed E-state index contributed by atoms with van der Waals surface area (Å²) in [5.41, 5.74) is 12.4. The molecule has 4 rings (SSSR count). The molecule has 3 nitrogen and oxygen atoms in total. The van der Waals surface area contributed by atoms with Crippen molar-refractivity contribution in [3.05, 3.63) is 95.7 Å². The maximum absolute atomic E-state index is 11.6. The maximum Gasteiger partial charge on any atom is 0.221 e. The van der Waals surface area contributed by atoms with Crippen molar-refractivity contribution in [2.75, 3.05) is 0 Å². The van der Waals surface area contributed by atoms with Crippen LogP contribution < -0.4 is 5.73 Å². The van der Waals surface area contributed by atoms with Gasteiger partial charge in [-0.15, -0.1) is 0 Å². The third-order valence-electron chi connectivity index (χ3n) is 5.14. The number of hydrogen-bond donors (Lipinski definition) is 1. The van der Waals surface area contributed by atoms with Crippen LogP contribution in [0.2, 0.25) is 0 Å². The lowest BCUT2D eigenvalue weighted by Gasteiger charge is -2.14. The van der Waals surface area contributed by atoms with E-state index in [1.165, 1.54) is 16.7 Å². The summed E-state index contributed by atoms with van der Waals surface area (Å²) in [7, 11) is 0. The van der Waals surface area contributed by atoms with Gasteiger partial charge in [-0.25, -0.2) is 0 Å². The minimum atomic E-state index is -0.300. The van der Waals surface area contributed by atoms with Gasteiger partial charge in [-0.05, 0) is 35.2 Å². The van der Waals surface area contributed by atoms with Gasteiger partial charge < -0.3 is 10.3 Å². The second-order valence-electron chi connectivity index (χ2n) is 6.83. The van der Waals surface area contributed by atoms with Gasteiger partial charge in [0, 0.05) is 23.1 Å². The molecule has 0 aliphatic rings. The van der Waals surface area contributed by atoms with Crippen molar-refractivity contribution >= 4 is 16.8 Å². The molecular formula is C24H22N2O. The van der Waals surface area contributed by atoms with Crippen LogP contribution in [0.15, 0.2) is 78.9 Å². The first-order chi connectivity index (χ1) is 13.1. The van der Waals surface area contributed by atoms with E-state index < -0.39 is 0 Å². The fourth-order valence-electron chi connectivity index (χ4n) is 3.83. The number of benzene rings is 3. The smallest absolute Gasteiger partial charge is 0.221 e. The Kier molecular flexibility index (Phi) is 4.51. The second kappa shape index (κ2) is 7.12. The third kappa shape index (κ3) is 3.24. The number of carbonyl (C=O) groups excluding carboxylic acids is 1. The standard InChI is InChI=1S/C24H22N2O/c1-17-22(15-24(25)27)21-13-7-8-14-23(21)26(17)16-19-11-5-6-12-20(19)18-9-3-2-4-10-18/h2-14H,15-16H2,1H3,(H2,25,27). The summed E-state index contributed by atoms with van der Waals surface area (Å²) in [6, 6.07) is 27.1. The maximum atomic E-state index is 11.6. The van der Waals surface area contributed by atoms with E-state index in [-0.39, 0.29) is 12.3 Å². The van der Waals surface area contributed by atoms with Crippen molar-refractivity contribution in [3.8, 4) is 11.1 Å². The van der Waals surface area contributed by atoms with Crippen molar-refractivity contribution in [2.24, 2.45) is 5.73 Å². The van der Waals surface area contributed by atoms with E-state index in [9.17, 15) is 4.79 Å². The Morgan fingerprint density at radius 3 is 2.33 bits per heavy atom. The number of carbonyl (C=O) groups is 1. The van der Waals surface area contributed by atoms with E-state index in [4.69, 9.17) is 5.73 Å². The van der Waals surface area contributed by atoms with Crippen LogP contribution in [-0.2, 0) is 17.8 Å². The van der Waals surface area contributed by atoms with Crippen LogP contribution in [0.4, 0.5) is 0 Å². The Hall–Kier alpha value is -3.33. The number of hydrogen-bond acceptors (Lipinski definition) is 1. The molecule has 0 spiro atoms. The highest BCUT2D eigenvalue weighted by Gasteiger charge is 2.16. The molecule has 3 heteroatoms. The lowest BCUT2D eigenvalue weighted by Crippen LogP contribution is -2.14. The second-order valence-corrected chi connectivity index (χ2v) is 6.83. The van der Waals surface area contributed by atoms with E-state index in [1.54, 1.807) is 0 Å². The van der Waals surface area contributed by atoms with Crippen molar-refractivity contribution in [2.45, 2.75) is 19.9 Å². The van der Waals surface area contributed by atoms with Gasteiger partial charge in [0.15, 0.2) is 0 Å². The van der Waals surface area contributed by atoms with E-state index in [1.807, 2.05) is 18.2 Å². The summed E-state index contributed by atoms with van der Waals surface area (Å²) >= 11 is 0. The summed E-state index contributed by atoms with van der Waals surface area (Å²) in [5.74, 6) is -0.300. The normalized spacial score (nSPS) is 11.0. The lowest BCUT2D eigenvalue weighted by atomic mass is 9.99. The van der Waals surface area contributed by atoms with E-state index in [0.717, 1.165) is 28.7 Å². The van der Waals surface area contributed by atoms with Gasteiger partial charge in [0.05, 0.1) is 6.42 Å². The molecular weight excluding hydrogens is 332 g/mol. The van der Waals surface area contributed by atoms with Crippen molar-refractivity contribution in [1.82, 2.24) is 4.57 Å². The van der Waals surface area contributed by atoms with Crippen LogP contribution >= 0.6 is 0 Å². The molecule has 27 heavy (non-hydrogen) atoms. The Balaban J connectivity index is 1.84. The summed E-state index contributed by atoms with van der Waals surface area (Å²) < 4.78 is 2.29. The van der Waals surface area contributed by atoms with Crippen LogP contribution in [0.5, 0.6) is 0 Å². The van der Waals surface area contributed by atoms with Crippen molar-refractivity contribution in [3.63, 3.8) is 0 Å². The Labute approximate surface area is 159 Å². The molecule has 2 N–H and O–H groups in total. The summed E-state index contributed by atoms with van der Waals surface area (Å²) in [6.45, 7) is 2.82. The molecule has 0 radical (unpaired) electrons. The van der Waals surface area contributed by atoms with Gasteiger partial charge in [0.25, 0.3) is 0 Å². The SMILES string of the molecule is Cc1c(CC(N)=O)c2ccccc2n1Cc1ccccc1-c1ccccc1. The molecule has 0 unspecified atom stereocenters. The fourth-order valence-corrected chi connectivity index (χ4v) is 3.83. The van der Waals surface area contributed by atoms with Gasteiger partial charge in [-0.1, -0.05) is 72.8 Å². The van der Waals surface area contributed by atoms with Gasteiger partial charge >= 0.3 is 0 Å². The van der Waals surface area contributed by atoms with E-state index >= 15 is 0 Å². The van der Waals surface area contributed by atoms with E-state index in [0.29, 0.717) is 0 Å². The largest absolute Gasteiger partial charge is 0.369 e. The van der Waals surface area contributed by atoms with Crippen LogP contribution in [0.3, 0.4) is 0 Å². The van der Waals surface area contributed by atoms with Gasteiger partial charge in [-0.3, -0.25) is 4.79 Å². The predicted molar refractivity (Wildman–Crippen MR) is 111 cm³/mol. The average Bonchev–Trinajstić information content (AvgIpc) is 2.95. The molecule has 0 aliphatic carbocycles. The first-order valence-corrected chi connectivity index (χ1v) is 9.13. The zero-order chi connectivity index (χ0) is 18.8. The monoisotopic (exact) mass is 354 g/mol. The molecule has 0 aliphatic heterocycles. The summed E-state index contributed by atoms with van der Waals surface area (Å²) in [5, 5.41) is 1.10. The molecule has 4 aromatic rings. The molecule has 1 amide bonds. The number of amides is 1. The zero-order valence-electron chi connectivity index (χ0n) is 15.4. The summed E-state index contributed by atoms with van der Waals surface area (Å²) in [6.07, 6.45) is 0.264. The van der Waals surface area contributed by atoms with E-state index in [2.05, 4.69) is 72.2 Å². The first-order valence-electron chi connectivity index (χ1n) is 9.13. The van der Waals surface area contributed by atoms with Crippen LogP contribution in [0.1, 0.15) is 16.8 Å². The number of fused-ring (bicyclic) bond motifs is 1. The van der Waals surface area contributed by atoms with Gasteiger partial charge in [0.2, 0.25) is 5.91 Å². The highest BCUT2D eigenvalue weighted by Crippen LogP contribution is 2.30. The topological polar surface area (TPSA) is 48.0 Å². The molecule has 0 bridgehead atoms. The quantitative estimate of drug-likeness (QED) is 0.555. The number of para-hydroxylation sites is 1. The summed E-state index contributed by atoms with van der Waals surface area (Å²) in [4.78, 5) is 11.6. The van der Waals surface area contributed by atoms with Crippen LogP contribution in [-0.4, -0.2) is 10.5 Å². The molecule has 1 aromatic heterocycles. The number of nitrogens with two attached hydrogens (primary N) is 1. The average molecular weight is 354 g/mol. The molecule has 0 fully saturated rings. The Bertz CT molecular complexity index is 1110.